The van der Waals surface area contributed by atoms with Crippen LogP contribution in [0.25, 0.3) is 0 Å². The Bertz CT molecular complexity index is 1080. The molecule has 2 aliphatic rings. The van der Waals surface area contributed by atoms with Gasteiger partial charge in [-0.05, 0) is 55.0 Å². The Morgan fingerprint density at radius 3 is 2.20 bits per heavy atom. The zero-order valence-corrected chi connectivity index (χ0v) is 19.3. The minimum absolute atomic E-state index is 0.0846. The molecule has 2 heterocycles. The van der Waals surface area contributed by atoms with Gasteiger partial charge in [-0.2, -0.15) is 0 Å². The number of anilines is 2. The first kappa shape index (κ1) is 24.3. The van der Waals surface area contributed by atoms with Gasteiger partial charge in [-0.25, -0.2) is 4.39 Å². The lowest BCUT2D eigenvalue weighted by Gasteiger charge is -2.34. The van der Waals surface area contributed by atoms with Crippen LogP contribution in [0.3, 0.4) is 0 Å². The Hall–Kier alpha value is -3.79. The highest BCUT2D eigenvalue weighted by Gasteiger charge is 2.24. The highest BCUT2D eigenvalue weighted by molar-refractivity contribution is 5.98. The van der Waals surface area contributed by atoms with E-state index in [1.807, 2.05) is 4.90 Å². The highest BCUT2D eigenvalue weighted by atomic mass is 19.1. The first-order chi connectivity index (χ1) is 16.9. The van der Waals surface area contributed by atoms with Gasteiger partial charge in [0.05, 0.1) is 13.1 Å². The number of hydrogen-bond acceptors (Lipinski definition) is 5. The van der Waals surface area contributed by atoms with Crippen LogP contribution in [0.5, 0.6) is 0 Å². The van der Waals surface area contributed by atoms with Crippen molar-refractivity contribution < 1.29 is 23.6 Å². The lowest BCUT2D eigenvalue weighted by atomic mass is 10.2. The number of piperazine rings is 1. The summed E-state index contributed by atoms with van der Waals surface area (Å²) in [5.74, 6) is -1.03. The molecule has 2 saturated heterocycles. The Balaban J connectivity index is 1.17. The van der Waals surface area contributed by atoms with Crippen LogP contribution < -0.4 is 15.5 Å². The summed E-state index contributed by atoms with van der Waals surface area (Å²) < 4.78 is 13.0. The number of nitrogens with zero attached hydrogens (tertiary/aromatic N) is 3. The van der Waals surface area contributed by atoms with Crippen LogP contribution in [-0.4, -0.2) is 79.2 Å². The van der Waals surface area contributed by atoms with Crippen molar-refractivity contribution >= 4 is 35.0 Å². The molecule has 0 atom stereocenters. The van der Waals surface area contributed by atoms with Gasteiger partial charge in [0.25, 0.3) is 5.91 Å². The Kier molecular flexibility index (Phi) is 7.71. The molecule has 2 aliphatic heterocycles. The second-order valence-corrected chi connectivity index (χ2v) is 8.59. The van der Waals surface area contributed by atoms with Gasteiger partial charge >= 0.3 is 0 Å². The molecule has 35 heavy (non-hydrogen) atoms. The molecule has 4 rings (SSSR count). The first-order valence-electron chi connectivity index (χ1n) is 11.6. The molecule has 2 fully saturated rings. The van der Waals surface area contributed by atoms with Gasteiger partial charge < -0.3 is 20.4 Å². The van der Waals surface area contributed by atoms with Crippen molar-refractivity contribution in [2.24, 2.45) is 0 Å². The largest absolute Gasteiger partial charge is 0.343 e. The fraction of sp³-hybridized carbons (Fsp3) is 0.360. The molecule has 0 bridgehead atoms. The number of halogens is 1. The Morgan fingerprint density at radius 1 is 0.886 bits per heavy atom. The van der Waals surface area contributed by atoms with E-state index in [-0.39, 0.29) is 42.5 Å². The third-order valence-corrected chi connectivity index (χ3v) is 6.13. The minimum atomic E-state index is -0.368. The van der Waals surface area contributed by atoms with E-state index in [0.717, 1.165) is 12.1 Å². The van der Waals surface area contributed by atoms with Gasteiger partial charge in [0.1, 0.15) is 5.82 Å². The molecule has 4 amide bonds. The fourth-order valence-electron chi connectivity index (χ4n) is 4.18. The number of carbonyl (C=O) groups is 4. The smallest absolute Gasteiger partial charge is 0.251 e. The molecule has 10 heteroatoms. The number of hydrogen-bond donors (Lipinski definition) is 2. The van der Waals surface area contributed by atoms with Crippen LogP contribution in [-0.2, 0) is 14.4 Å². The van der Waals surface area contributed by atoms with E-state index in [9.17, 15) is 23.6 Å². The SMILES string of the molecule is O=C(CN1CCN(C(=O)CNC(=O)c2ccc(N3CCCC3=O)cc2)CC1)Nc1ccc(F)cc1. The van der Waals surface area contributed by atoms with E-state index in [4.69, 9.17) is 0 Å². The third kappa shape index (κ3) is 6.42. The van der Waals surface area contributed by atoms with Gasteiger partial charge in [0.2, 0.25) is 17.7 Å². The molecule has 184 valence electrons. The van der Waals surface area contributed by atoms with Crippen LogP contribution in [0, 0.1) is 5.82 Å². The van der Waals surface area contributed by atoms with E-state index < -0.39 is 0 Å². The quantitative estimate of drug-likeness (QED) is 0.624. The minimum Gasteiger partial charge on any atom is -0.343 e. The van der Waals surface area contributed by atoms with E-state index in [2.05, 4.69) is 10.6 Å². The summed E-state index contributed by atoms with van der Waals surface area (Å²) in [7, 11) is 0. The normalized spacial score (nSPS) is 16.3. The van der Waals surface area contributed by atoms with Gasteiger partial charge in [0, 0.05) is 56.1 Å². The molecule has 2 aromatic rings. The average Bonchev–Trinajstić information content (AvgIpc) is 3.30. The van der Waals surface area contributed by atoms with Gasteiger partial charge in [-0.1, -0.05) is 0 Å². The summed E-state index contributed by atoms with van der Waals surface area (Å²) in [5, 5.41) is 5.38. The zero-order chi connectivity index (χ0) is 24.8. The lowest BCUT2D eigenvalue weighted by molar-refractivity contribution is -0.132. The Labute approximate surface area is 202 Å². The molecule has 0 unspecified atom stereocenters. The molecule has 0 saturated carbocycles. The number of benzene rings is 2. The molecular weight excluding hydrogens is 453 g/mol. The fourth-order valence-corrected chi connectivity index (χ4v) is 4.18. The van der Waals surface area contributed by atoms with Crippen molar-refractivity contribution in [3.8, 4) is 0 Å². The van der Waals surface area contributed by atoms with E-state index >= 15 is 0 Å². The van der Waals surface area contributed by atoms with Crippen LogP contribution >= 0.6 is 0 Å². The second kappa shape index (κ2) is 11.1. The zero-order valence-electron chi connectivity index (χ0n) is 19.3. The van der Waals surface area contributed by atoms with Crippen LogP contribution in [0.15, 0.2) is 48.5 Å². The second-order valence-electron chi connectivity index (χ2n) is 8.59. The maximum Gasteiger partial charge on any atom is 0.251 e. The van der Waals surface area contributed by atoms with Crippen molar-refractivity contribution in [1.82, 2.24) is 15.1 Å². The van der Waals surface area contributed by atoms with Crippen molar-refractivity contribution in [2.45, 2.75) is 12.8 Å². The van der Waals surface area contributed by atoms with Gasteiger partial charge in [0.15, 0.2) is 0 Å². The molecule has 0 spiro atoms. The number of nitrogens with one attached hydrogen (secondary N) is 2. The van der Waals surface area contributed by atoms with Crippen molar-refractivity contribution in [3.63, 3.8) is 0 Å². The maximum absolute atomic E-state index is 13.0. The molecule has 2 N–H and O–H groups in total. The summed E-state index contributed by atoms with van der Waals surface area (Å²) in [4.78, 5) is 54.3. The topological polar surface area (TPSA) is 102 Å². The van der Waals surface area contributed by atoms with Crippen LogP contribution in [0.2, 0.25) is 0 Å². The number of amides is 4. The molecule has 0 aromatic heterocycles. The molecule has 0 aliphatic carbocycles. The number of rotatable bonds is 7. The predicted molar refractivity (Wildman–Crippen MR) is 128 cm³/mol. The molecule has 0 radical (unpaired) electrons. The van der Waals surface area contributed by atoms with E-state index in [1.54, 1.807) is 34.1 Å². The summed E-state index contributed by atoms with van der Waals surface area (Å²) in [6.45, 7) is 2.73. The monoisotopic (exact) mass is 481 g/mol. The highest BCUT2D eigenvalue weighted by Crippen LogP contribution is 2.21. The standard InChI is InChI=1S/C25H28FN5O4/c26-19-5-7-20(8-6-19)28-22(32)17-29-12-14-30(15-13-29)24(34)16-27-25(35)18-3-9-21(10-4-18)31-11-1-2-23(31)33/h3-10H,1-2,11-17H2,(H,27,35)(H,28,32). The van der Waals surface area contributed by atoms with Crippen molar-refractivity contribution in [2.75, 3.05) is 56.0 Å². The maximum atomic E-state index is 13.0. The molecule has 2 aromatic carbocycles. The van der Waals surface area contributed by atoms with Crippen molar-refractivity contribution in [3.05, 3.63) is 59.9 Å². The van der Waals surface area contributed by atoms with Crippen LogP contribution in [0.1, 0.15) is 23.2 Å². The third-order valence-electron chi connectivity index (χ3n) is 6.13. The van der Waals surface area contributed by atoms with Gasteiger partial charge in [-0.15, -0.1) is 0 Å². The first-order valence-corrected chi connectivity index (χ1v) is 11.6. The summed E-state index contributed by atoms with van der Waals surface area (Å²) >= 11 is 0. The lowest BCUT2D eigenvalue weighted by Crippen LogP contribution is -2.52. The Morgan fingerprint density at radius 2 is 1.57 bits per heavy atom. The van der Waals surface area contributed by atoms with E-state index in [0.29, 0.717) is 50.4 Å². The summed E-state index contributed by atoms with van der Waals surface area (Å²) in [5.41, 5.74) is 1.72. The van der Waals surface area contributed by atoms with Crippen molar-refractivity contribution in [1.29, 1.82) is 0 Å². The molecular formula is C25H28FN5O4. The van der Waals surface area contributed by atoms with Gasteiger partial charge in [-0.3, -0.25) is 24.1 Å². The molecule has 9 nitrogen and oxygen atoms in total. The summed E-state index contributed by atoms with van der Waals surface area (Å²) in [6, 6.07) is 12.3. The van der Waals surface area contributed by atoms with Crippen LogP contribution in [0.4, 0.5) is 15.8 Å². The average molecular weight is 482 g/mol. The number of carbonyl (C=O) groups excluding carboxylic acids is 4. The predicted octanol–water partition coefficient (Wildman–Crippen LogP) is 1.47. The summed E-state index contributed by atoms with van der Waals surface area (Å²) in [6.07, 6.45) is 1.38. The van der Waals surface area contributed by atoms with E-state index in [1.165, 1.54) is 24.3 Å².